The Labute approximate surface area is 121 Å². The first kappa shape index (κ1) is 14.5. The first-order valence-electron chi connectivity index (χ1n) is 7.29. The quantitative estimate of drug-likeness (QED) is 0.826. The lowest BCUT2D eigenvalue weighted by atomic mass is 9.86. The van der Waals surface area contributed by atoms with Crippen LogP contribution in [0.25, 0.3) is 0 Å². The van der Waals surface area contributed by atoms with Crippen LogP contribution in [0.4, 0.5) is 5.69 Å². The van der Waals surface area contributed by atoms with E-state index < -0.39 is 0 Å². The zero-order valence-electron chi connectivity index (χ0n) is 12.0. The largest absolute Gasteiger partial charge is 0.376 e. The van der Waals surface area contributed by atoms with Gasteiger partial charge in [-0.3, -0.25) is 4.79 Å². The van der Waals surface area contributed by atoms with Crippen molar-refractivity contribution in [2.75, 3.05) is 11.9 Å². The molecule has 0 radical (unpaired) electrons. The molecule has 0 spiro atoms. The van der Waals surface area contributed by atoms with Crippen LogP contribution in [-0.2, 0) is 4.79 Å². The Hall–Kier alpha value is -1.95. The van der Waals surface area contributed by atoms with Gasteiger partial charge in [0.2, 0.25) is 5.91 Å². The zero-order chi connectivity index (χ0) is 14.4. The Balaban J connectivity index is 1.81. The summed E-state index contributed by atoms with van der Waals surface area (Å²) in [5.74, 6) is 3.22. The summed E-state index contributed by atoms with van der Waals surface area (Å²) in [6, 6.07) is 7.87. The molecule has 0 bridgehead atoms. The lowest BCUT2D eigenvalue weighted by molar-refractivity contribution is -0.120. The molecule has 1 fully saturated rings. The van der Waals surface area contributed by atoms with E-state index in [1.165, 1.54) is 19.3 Å². The Morgan fingerprint density at radius 1 is 1.40 bits per heavy atom. The number of benzene rings is 1. The van der Waals surface area contributed by atoms with Gasteiger partial charge in [-0.25, -0.2) is 0 Å². The molecule has 3 heteroatoms. The molecule has 0 saturated heterocycles. The SMILES string of the molecule is C#Cc1cccc(NCC(=O)N[C@@H]2CCCC[C@H]2C)c1. The third kappa shape index (κ3) is 4.03. The highest BCUT2D eigenvalue weighted by atomic mass is 16.1. The maximum Gasteiger partial charge on any atom is 0.239 e. The Morgan fingerprint density at radius 2 is 2.20 bits per heavy atom. The topological polar surface area (TPSA) is 41.1 Å². The van der Waals surface area contributed by atoms with Crippen molar-refractivity contribution in [2.45, 2.75) is 38.6 Å². The summed E-state index contributed by atoms with van der Waals surface area (Å²) >= 11 is 0. The Bertz CT molecular complexity index is 504. The van der Waals surface area contributed by atoms with E-state index >= 15 is 0 Å². The van der Waals surface area contributed by atoms with Crippen molar-refractivity contribution in [2.24, 2.45) is 5.92 Å². The molecule has 1 aromatic rings. The molecule has 0 heterocycles. The number of terminal acetylenes is 1. The van der Waals surface area contributed by atoms with Crippen molar-refractivity contribution in [3.63, 3.8) is 0 Å². The molecular weight excluding hydrogens is 248 g/mol. The van der Waals surface area contributed by atoms with E-state index in [0.29, 0.717) is 12.0 Å². The molecule has 3 nitrogen and oxygen atoms in total. The summed E-state index contributed by atoms with van der Waals surface area (Å²) in [5, 5.41) is 6.24. The summed E-state index contributed by atoms with van der Waals surface area (Å²) < 4.78 is 0. The number of nitrogens with one attached hydrogen (secondary N) is 2. The average molecular weight is 270 g/mol. The fourth-order valence-electron chi connectivity index (χ4n) is 2.69. The fourth-order valence-corrected chi connectivity index (χ4v) is 2.69. The van der Waals surface area contributed by atoms with Crippen molar-refractivity contribution >= 4 is 11.6 Å². The molecule has 1 saturated carbocycles. The van der Waals surface area contributed by atoms with E-state index in [9.17, 15) is 4.79 Å². The monoisotopic (exact) mass is 270 g/mol. The molecule has 2 N–H and O–H groups in total. The number of rotatable bonds is 4. The van der Waals surface area contributed by atoms with E-state index in [2.05, 4.69) is 23.5 Å². The highest BCUT2D eigenvalue weighted by Crippen LogP contribution is 2.23. The van der Waals surface area contributed by atoms with Gasteiger partial charge in [-0.05, 0) is 37.0 Å². The molecule has 1 amide bonds. The first-order chi connectivity index (χ1) is 9.69. The van der Waals surface area contributed by atoms with E-state index in [-0.39, 0.29) is 12.5 Å². The highest BCUT2D eigenvalue weighted by Gasteiger charge is 2.22. The van der Waals surface area contributed by atoms with Crippen LogP contribution in [-0.4, -0.2) is 18.5 Å². The molecule has 0 aliphatic heterocycles. The van der Waals surface area contributed by atoms with Gasteiger partial charge in [0.25, 0.3) is 0 Å². The third-order valence-electron chi connectivity index (χ3n) is 3.94. The van der Waals surface area contributed by atoms with Crippen molar-refractivity contribution < 1.29 is 4.79 Å². The number of amides is 1. The minimum absolute atomic E-state index is 0.0508. The molecule has 1 aromatic carbocycles. The van der Waals surface area contributed by atoms with Gasteiger partial charge in [-0.2, -0.15) is 0 Å². The summed E-state index contributed by atoms with van der Waals surface area (Å²) in [5.41, 5.74) is 1.70. The van der Waals surface area contributed by atoms with Gasteiger partial charge < -0.3 is 10.6 Å². The number of hydrogen-bond donors (Lipinski definition) is 2. The van der Waals surface area contributed by atoms with Gasteiger partial charge >= 0.3 is 0 Å². The highest BCUT2D eigenvalue weighted by molar-refractivity contribution is 5.81. The summed E-state index contributed by atoms with van der Waals surface area (Å²) in [4.78, 5) is 12.0. The Kier molecular flexibility index (Phi) is 5.06. The molecule has 20 heavy (non-hydrogen) atoms. The molecular formula is C17H22N2O. The van der Waals surface area contributed by atoms with E-state index in [0.717, 1.165) is 17.7 Å². The average Bonchev–Trinajstić information content (AvgIpc) is 2.48. The summed E-state index contributed by atoms with van der Waals surface area (Å²) in [6.45, 7) is 2.51. The van der Waals surface area contributed by atoms with Crippen molar-refractivity contribution in [3.8, 4) is 12.3 Å². The van der Waals surface area contributed by atoms with Crippen LogP contribution in [0.3, 0.4) is 0 Å². The van der Waals surface area contributed by atoms with Gasteiger partial charge in [0.15, 0.2) is 0 Å². The minimum atomic E-state index is 0.0508. The normalized spacial score (nSPS) is 21.8. The van der Waals surface area contributed by atoms with Gasteiger partial charge in [0.1, 0.15) is 0 Å². The smallest absolute Gasteiger partial charge is 0.239 e. The maximum atomic E-state index is 12.0. The number of anilines is 1. The van der Waals surface area contributed by atoms with Crippen molar-refractivity contribution in [1.29, 1.82) is 0 Å². The zero-order valence-corrected chi connectivity index (χ0v) is 12.0. The summed E-state index contributed by atoms with van der Waals surface area (Å²) in [6.07, 6.45) is 10.2. The van der Waals surface area contributed by atoms with Crippen LogP contribution in [0.1, 0.15) is 38.2 Å². The second-order valence-corrected chi connectivity index (χ2v) is 5.51. The molecule has 2 rings (SSSR count). The van der Waals surface area contributed by atoms with Crippen LogP contribution in [0.5, 0.6) is 0 Å². The fraction of sp³-hybridized carbons (Fsp3) is 0.471. The van der Waals surface area contributed by atoms with Crippen LogP contribution >= 0.6 is 0 Å². The van der Waals surface area contributed by atoms with Crippen LogP contribution < -0.4 is 10.6 Å². The molecule has 0 unspecified atom stereocenters. The van der Waals surface area contributed by atoms with Gasteiger partial charge in [-0.15, -0.1) is 6.42 Å². The predicted molar refractivity (Wildman–Crippen MR) is 82.4 cm³/mol. The molecule has 1 aliphatic rings. The maximum absolute atomic E-state index is 12.0. The van der Waals surface area contributed by atoms with E-state index in [4.69, 9.17) is 6.42 Å². The second kappa shape index (κ2) is 7.00. The van der Waals surface area contributed by atoms with Crippen molar-refractivity contribution in [3.05, 3.63) is 29.8 Å². The summed E-state index contributed by atoms with van der Waals surface area (Å²) in [7, 11) is 0. The van der Waals surface area contributed by atoms with E-state index in [1.807, 2.05) is 24.3 Å². The third-order valence-corrected chi connectivity index (χ3v) is 3.94. The predicted octanol–water partition coefficient (Wildman–Crippen LogP) is 2.77. The lowest BCUT2D eigenvalue weighted by Gasteiger charge is -2.29. The van der Waals surface area contributed by atoms with Crippen LogP contribution in [0.2, 0.25) is 0 Å². The van der Waals surface area contributed by atoms with Crippen LogP contribution in [0, 0.1) is 18.3 Å². The Morgan fingerprint density at radius 3 is 2.95 bits per heavy atom. The van der Waals surface area contributed by atoms with Crippen molar-refractivity contribution in [1.82, 2.24) is 5.32 Å². The van der Waals surface area contributed by atoms with Gasteiger partial charge in [-0.1, -0.05) is 31.8 Å². The number of hydrogen-bond acceptors (Lipinski definition) is 2. The van der Waals surface area contributed by atoms with Crippen LogP contribution in [0.15, 0.2) is 24.3 Å². The number of carbonyl (C=O) groups excluding carboxylic acids is 1. The standard InChI is InChI=1S/C17H22N2O/c1-3-14-8-6-9-15(11-14)18-12-17(20)19-16-10-5-4-7-13(16)2/h1,6,8-9,11,13,16,18H,4-5,7,10,12H2,2H3,(H,19,20)/t13-,16-/m1/s1. The van der Waals surface area contributed by atoms with Gasteiger partial charge in [0.05, 0.1) is 6.54 Å². The molecule has 0 aromatic heterocycles. The van der Waals surface area contributed by atoms with E-state index in [1.54, 1.807) is 0 Å². The molecule has 2 atom stereocenters. The first-order valence-corrected chi connectivity index (χ1v) is 7.29. The lowest BCUT2D eigenvalue weighted by Crippen LogP contribution is -2.43. The molecule has 106 valence electrons. The van der Waals surface area contributed by atoms with Gasteiger partial charge in [0, 0.05) is 17.3 Å². The number of carbonyl (C=O) groups is 1. The molecule has 1 aliphatic carbocycles. The minimum Gasteiger partial charge on any atom is -0.376 e. The second-order valence-electron chi connectivity index (χ2n) is 5.51.